The highest BCUT2D eigenvalue weighted by Crippen LogP contribution is 2.34. The van der Waals surface area contributed by atoms with E-state index < -0.39 is 0 Å². The zero-order valence-corrected chi connectivity index (χ0v) is 10.3. The van der Waals surface area contributed by atoms with Gasteiger partial charge in [-0.05, 0) is 20.8 Å². The fourth-order valence-electron chi connectivity index (χ4n) is 1.60. The van der Waals surface area contributed by atoms with Gasteiger partial charge in [0.15, 0.2) is 0 Å². The summed E-state index contributed by atoms with van der Waals surface area (Å²) < 4.78 is 0. The minimum absolute atomic E-state index is 0.0655. The molecule has 0 bridgehead atoms. The molecule has 0 N–H and O–H groups in total. The molecule has 0 radical (unpaired) electrons. The molecule has 2 heteroatoms. The normalized spacial score (nSPS) is 18.4. The minimum Gasteiger partial charge on any atom is -0.264 e. The van der Waals surface area contributed by atoms with Gasteiger partial charge >= 0.3 is 0 Å². The Morgan fingerprint density at radius 2 is 1.71 bits per heavy atom. The van der Waals surface area contributed by atoms with Gasteiger partial charge in [-0.15, -0.1) is 0 Å². The summed E-state index contributed by atoms with van der Waals surface area (Å²) in [5.74, 6) is 0. The molecule has 1 aliphatic rings. The maximum Gasteiger partial charge on any atom is 0.0546 e. The highest BCUT2D eigenvalue weighted by atomic mass is 15.5. The van der Waals surface area contributed by atoms with Crippen molar-refractivity contribution in [2.45, 2.75) is 53.5 Å². The Balaban J connectivity index is 2.99. The van der Waals surface area contributed by atoms with Crippen molar-refractivity contribution < 1.29 is 0 Å². The molecule has 1 rings (SSSR count). The zero-order chi connectivity index (χ0) is 11.0. The molecular weight excluding hydrogens is 172 g/mol. The second-order valence-electron chi connectivity index (χ2n) is 5.86. The molecule has 14 heavy (non-hydrogen) atoms. The quantitative estimate of drug-likeness (QED) is 0.577. The first-order valence-corrected chi connectivity index (χ1v) is 5.26. The SMILES string of the molecule is CC(C)(C)C1=CCC=NN1C(C)(C)C. The predicted octanol–water partition coefficient (Wildman–Crippen LogP) is 3.41. The van der Waals surface area contributed by atoms with Crippen molar-refractivity contribution in [1.29, 1.82) is 0 Å². The predicted molar refractivity (Wildman–Crippen MR) is 62.2 cm³/mol. The smallest absolute Gasteiger partial charge is 0.0546 e. The summed E-state index contributed by atoms with van der Waals surface area (Å²) in [5.41, 5.74) is 1.56. The van der Waals surface area contributed by atoms with Crippen molar-refractivity contribution in [1.82, 2.24) is 5.01 Å². The standard InChI is InChI=1S/C12H22N2/c1-11(2,3)10-8-7-9-13-14(10)12(4,5)6/h8-9H,7H2,1-6H3. The van der Waals surface area contributed by atoms with E-state index in [1.165, 1.54) is 5.70 Å². The minimum atomic E-state index is 0.0655. The van der Waals surface area contributed by atoms with Crippen molar-refractivity contribution in [3.8, 4) is 0 Å². The molecule has 1 heterocycles. The molecular formula is C12H22N2. The first-order chi connectivity index (χ1) is 6.23. The van der Waals surface area contributed by atoms with Crippen LogP contribution < -0.4 is 0 Å². The van der Waals surface area contributed by atoms with Crippen LogP contribution in [0, 0.1) is 5.41 Å². The van der Waals surface area contributed by atoms with Gasteiger partial charge in [0.1, 0.15) is 0 Å². The Kier molecular flexibility index (Phi) is 2.75. The molecule has 0 aromatic heterocycles. The molecule has 0 aromatic carbocycles. The van der Waals surface area contributed by atoms with E-state index in [2.05, 4.69) is 57.7 Å². The van der Waals surface area contributed by atoms with Crippen LogP contribution in [0.4, 0.5) is 0 Å². The number of rotatable bonds is 0. The molecule has 0 aliphatic carbocycles. The fraction of sp³-hybridized carbons (Fsp3) is 0.750. The van der Waals surface area contributed by atoms with Crippen molar-refractivity contribution in [2.75, 3.05) is 0 Å². The van der Waals surface area contributed by atoms with Crippen LogP contribution in [0.2, 0.25) is 0 Å². The van der Waals surface area contributed by atoms with E-state index in [0.29, 0.717) is 0 Å². The third kappa shape index (κ3) is 2.37. The summed E-state index contributed by atoms with van der Waals surface area (Å²) in [7, 11) is 0. The Morgan fingerprint density at radius 3 is 2.07 bits per heavy atom. The highest BCUT2D eigenvalue weighted by molar-refractivity contribution is 5.61. The molecule has 0 aromatic rings. The summed E-state index contributed by atoms with van der Waals surface area (Å²) in [6, 6.07) is 0. The lowest BCUT2D eigenvalue weighted by Gasteiger charge is -2.41. The van der Waals surface area contributed by atoms with Gasteiger partial charge in [-0.1, -0.05) is 26.8 Å². The van der Waals surface area contributed by atoms with Gasteiger partial charge in [0.05, 0.1) is 5.54 Å². The van der Waals surface area contributed by atoms with Crippen LogP contribution >= 0.6 is 0 Å². The van der Waals surface area contributed by atoms with E-state index in [0.717, 1.165) is 6.42 Å². The molecule has 0 amide bonds. The van der Waals surface area contributed by atoms with E-state index in [4.69, 9.17) is 0 Å². The van der Waals surface area contributed by atoms with Gasteiger partial charge in [0.2, 0.25) is 0 Å². The van der Waals surface area contributed by atoms with E-state index >= 15 is 0 Å². The Bertz CT molecular complexity index is 261. The van der Waals surface area contributed by atoms with Crippen molar-refractivity contribution >= 4 is 6.21 Å². The molecule has 1 aliphatic heterocycles. The van der Waals surface area contributed by atoms with Crippen LogP contribution in [-0.2, 0) is 0 Å². The second-order valence-corrected chi connectivity index (χ2v) is 5.86. The summed E-state index contributed by atoms with van der Waals surface area (Å²) in [6.07, 6.45) is 5.21. The van der Waals surface area contributed by atoms with Gasteiger partial charge in [0.25, 0.3) is 0 Å². The van der Waals surface area contributed by atoms with Gasteiger partial charge < -0.3 is 0 Å². The van der Waals surface area contributed by atoms with Gasteiger partial charge in [0, 0.05) is 23.7 Å². The van der Waals surface area contributed by atoms with Gasteiger partial charge in [-0.2, -0.15) is 5.10 Å². The lowest BCUT2D eigenvalue weighted by molar-refractivity contribution is 0.151. The molecule has 0 saturated heterocycles. The molecule has 0 unspecified atom stereocenters. The summed E-state index contributed by atoms with van der Waals surface area (Å²) in [4.78, 5) is 0. The number of allylic oxidation sites excluding steroid dienone is 2. The molecule has 80 valence electrons. The Morgan fingerprint density at radius 1 is 1.14 bits per heavy atom. The third-order valence-electron chi connectivity index (χ3n) is 2.25. The van der Waals surface area contributed by atoms with Crippen LogP contribution in [0.15, 0.2) is 16.9 Å². The fourth-order valence-corrected chi connectivity index (χ4v) is 1.60. The second kappa shape index (κ2) is 3.41. The number of hydrazone groups is 1. The molecule has 0 fully saturated rings. The zero-order valence-electron chi connectivity index (χ0n) is 10.3. The monoisotopic (exact) mass is 194 g/mol. The molecule has 2 nitrogen and oxygen atoms in total. The average Bonchev–Trinajstić information content (AvgIpc) is 2.01. The van der Waals surface area contributed by atoms with Crippen LogP contribution in [0.1, 0.15) is 48.0 Å². The maximum atomic E-state index is 4.49. The largest absolute Gasteiger partial charge is 0.264 e. The van der Waals surface area contributed by atoms with E-state index in [1.54, 1.807) is 0 Å². The summed E-state index contributed by atoms with van der Waals surface area (Å²) >= 11 is 0. The topological polar surface area (TPSA) is 15.6 Å². The van der Waals surface area contributed by atoms with E-state index in [1.807, 2.05) is 6.21 Å². The maximum absolute atomic E-state index is 4.49. The van der Waals surface area contributed by atoms with Crippen molar-refractivity contribution in [3.05, 3.63) is 11.8 Å². The number of nitrogens with zero attached hydrogens (tertiary/aromatic N) is 2. The Labute approximate surface area is 87.7 Å². The van der Waals surface area contributed by atoms with E-state index in [9.17, 15) is 0 Å². The number of hydrogen-bond donors (Lipinski definition) is 0. The average molecular weight is 194 g/mol. The number of hydrogen-bond acceptors (Lipinski definition) is 2. The van der Waals surface area contributed by atoms with Crippen LogP contribution in [0.3, 0.4) is 0 Å². The van der Waals surface area contributed by atoms with Crippen LogP contribution in [-0.4, -0.2) is 16.8 Å². The summed E-state index contributed by atoms with van der Waals surface area (Å²) in [5, 5.41) is 6.62. The molecule has 0 atom stereocenters. The first kappa shape index (κ1) is 11.3. The van der Waals surface area contributed by atoms with Crippen LogP contribution in [0.5, 0.6) is 0 Å². The van der Waals surface area contributed by atoms with Gasteiger partial charge in [-0.3, -0.25) is 5.01 Å². The van der Waals surface area contributed by atoms with E-state index in [-0.39, 0.29) is 11.0 Å². The molecule has 0 saturated carbocycles. The first-order valence-electron chi connectivity index (χ1n) is 5.26. The molecule has 0 spiro atoms. The van der Waals surface area contributed by atoms with Gasteiger partial charge in [-0.25, -0.2) is 0 Å². The van der Waals surface area contributed by atoms with Crippen LogP contribution in [0.25, 0.3) is 0 Å². The third-order valence-corrected chi connectivity index (χ3v) is 2.25. The lowest BCUT2D eigenvalue weighted by atomic mass is 9.88. The van der Waals surface area contributed by atoms with Crippen molar-refractivity contribution in [2.24, 2.45) is 10.5 Å². The lowest BCUT2D eigenvalue weighted by Crippen LogP contribution is -2.41. The Hall–Kier alpha value is -0.790. The van der Waals surface area contributed by atoms with Crippen molar-refractivity contribution in [3.63, 3.8) is 0 Å². The summed E-state index contributed by atoms with van der Waals surface area (Å²) in [6.45, 7) is 13.3. The highest BCUT2D eigenvalue weighted by Gasteiger charge is 2.31.